The summed E-state index contributed by atoms with van der Waals surface area (Å²) >= 11 is 11.7. The molecule has 146 valence electrons. The summed E-state index contributed by atoms with van der Waals surface area (Å²) in [6, 6.07) is 11.5. The molecule has 0 bridgehead atoms. The maximum absolute atomic E-state index is 13.4. The van der Waals surface area contributed by atoms with E-state index in [9.17, 15) is 9.90 Å². The number of carbonyl (C=O) groups is 1. The van der Waals surface area contributed by atoms with Gasteiger partial charge < -0.3 is 20.1 Å². The Bertz CT molecular complexity index is 960. The van der Waals surface area contributed by atoms with E-state index >= 15 is 0 Å². The first-order valence-corrected chi connectivity index (χ1v) is 9.62. The first kappa shape index (κ1) is 20.2. The van der Waals surface area contributed by atoms with E-state index in [1.54, 1.807) is 18.2 Å². The van der Waals surface area contributed by atoms with E-state index in [-0.39, 0.29) is 17.3 Å². The number of carbonyl (C=O) groups excluding carboxylic acids is 1. The van der Waals surface area contributed by atoms with Crippen LogP contribution in [-0.2, 0) is 0 Å². The Morgan fingerprint density at radius 2 is 2.00 bits per heavy atom. The average molecular weight is 417 g/mol. The number of Topliss-reactive ketones (excluding diaryl/α,β-unsaturated/α-hetero) is 1. The second kappa shape index (κ2) is 8.20. The van der Waals surface area contributed by atoms with Gasteiger partial charge >= 0.3 is 0 Å². The third-order valence-corrected chi connectivity index (χ3v) is 5.35. The first-order chi connectivity index (χ1) is 13.4. The quantitative estimate of drug-likeness (QED) is 0.554. The largest absolute Gasteiger partial charge is 0.504 e. The van der Waals surface area contributed by atoms with E-state index in [0.29, 0.717) is 33.4 Å². The van der Waals surface area contributed by atoms with Gasteiger partial charge in [0.25, 0.3) is 0 Å². The molecule has 2 N–H and O–H groups in total. The van der Waals surface area contributed by atoms with Gasteiger partial charge in [-0.15, -0.1) is 0 Å². The van der Waals surface area contributed by atoms with Crippen molar-refractivity contribution in [1.29, 1.82) is 0 Å². The van der Waals surface area contributed by atoms with Gasteiger partial charge in [-0.05, 0) is 32.1 Å². The third-order valence-electron chi connectivity index (χ3n) is 4.79. The number of phenols is 1. The Kier molecular flexibility index (Phi) is 5.91. The predicted molar refractivity (Wildman–Crippen MR) is 114 cm³/mol. The van der Waals surface area contributed by atoms with Crippen molar-refractivity contribution in [1.82, 2.24) is 10.2 Å². The molecule has 3 rings (SSSR count). The average Bonchev–Trinajstić information content (AvgIpc) is 2.69. The third kappa shape index (κ3) is 3.57. The number of nitrogens with one attached hydrogen (secondary N) is 1. The van der Waals surface area contributed by atoms with Crippen molar-refractivity contribution >= 4 is 34.7 Å². The van der Waals surface area contributed by atoms with E-state index in [1.165, 1.54) is 13.2 Å². The van der Waals surface area contributed by atoms with Crippen molar-refractivity contribution in [3.8, 4) is 11.5 Å². The topological polar surface area (TPSA) is 61.8 Å². The number of nitrogens with zero attached hydrogens (tertiary/aromatic N) is 1. The smallest absolute Gasteiger partial charge is 0.193 e. The van der Waals surface area contributed by atoms with Gasteiger partial charge in [-0.1, -0.05) is 41.9 Å². The highest BCUT2D eigenvalue weighted by atomic mass is 35.5. The number of hydrogen-bond acceptors (Lipinski definition) is 4. The highest BCUT2D eigenvalue weighted by Crippen LogP contribution is 2.42. The van der Waals surface area contributed by atoms with Crippen molar-refractivity contribution in [2.24, 2.45) is 0 Å². The number of ether oxygens (including phenoxy) is 1. The molecule has 1 heterocycles. The van der Waals surface area contributed by atoms with Crippen LogP contribution < -0.4 is 10.1 Å². The molecule has 0 fully saturated rings. The molecular formula is C21H21ClN2O3S. The van der Waals surface area contributed by atoms with Crippen molar-refractivity contribution in [2.75, 3.05) is 13.7 Å². The molecular weight excluding hydrogens is 396 g/mol. The number of methoxy groups -OCH3 is 1. The van der Waals surface area contributed by atoms with Gasteiger partial charge in [-0.25, -0.2) is 0 Å². The van der Waals surface area contributed by atoms with Crippen LogP contribution in [0.4, 0.5) is 0 Å². The van der Waals surface area contributed by atoms with Gasteiger partial charge in [0.05, 0.1) is 13.2 Å². The lowest BCUT2D eigenvalue weighted by Gasteiger charge is -2.37. The van der Waals surface area contributed by atoms with Crippen LogP contribution in [0.15, 0.2) is 53.7 Å². The summed E-state index contributed by atoms with van der Waals surface area (Å²) in [5, 5.41) is 14.8. The molecule has 0 aliphatic carbocycles. The van der Waals surface area contributed by atoms with Crippen LogP contribution in [-0.4, -0.2) is 34.6 Å². The minimum absolute atomic E-state index is 0.0803. The molecule has 2 aromatic carbocycles. The van der Waals surface area contributed by atoms with E-state index in [4.69, 9.17) is 28.6 Å². The van der Waals surface area contributed by atoms with Crippen LogP contribution in [0, 0.1) is 0 Å². The lowest BCUT2D eigenvalue weighted by atomic mass is 9.88. The molecule has 7 heteroatoms. The molecule has 1 aliphatic rings. The summed E-state index contributed by atoms with van der Waals surface area (Å²) in [6.07, 6.45) is 0. The first-order valence-electron chi connectivity index (χ1n) is 8.84. The van der Waals surface area contributed by atoms with Gasteiger partial charge in [0, 0.05) is 40.0 Å². The van der Waals surface area contributed by atoms with E-state index in [1.807, 2.05) is 36.9 Å². The zero-order chi connectivity index (χ0) is 20.4. The van der Waals surface area contributed by atoms with Crippen molar-refractivity contribution in [3.05, 3.63) is 69.9 Å². The molecule has 5 nitrogen and oxygen atoms in total. The minimum Gasteiger partial charge on any atom is -0.504 e. The standard InChI is InChI=1S/C21H21ClN2O3S/c1-4-24-12(2)17(19(25)13-8-6-5-7-9-13)18(23-21(24)28)15-10-14(22)11-16(27-3)20(15)26/h5-11,18,26H,4H2,1-3H3,(H,23,28). The number of benzene rings is 2. The van der Waals surface area contributed by atoms with Crippen LogP contribution in [0.2, 0.25) is 5.02 Å². The van der Waals surface area contributed by atoms with Gasteiger partial charge in [0.1, 0.15) is 0 Å². The molecule has 28 heavy (non-hydrogen) atoms. The van der Waals surface area contributed by atoms with Crippen molar-refractivity contribution < 1.29 is 14.6 Å². The molecule has 1 atom stereocenters. The summed E-state index contributed by atoms with van der Waals surface area (Å²) in [5.74, 6) is 0.00973. The minimum atomic E-state index is -0.657. The SMILES string of the molecule is CCN1C(=S)NC(c2cc(Cl)cc(OC)c2O)C(C(=O)c2ccccc2)=C1C. The number of aromatic hydroxyl groups is 1. The summed E-state index contributed by atoms with van der Waals surface area (Å²) in [6.45, 7) is 4.43. The Hall–Kier alpha value is -2.57. The second-order valence-corrected chi connectivity index (χ2v) is 7.19. The summed E-state index contributed by atoms with van der Waals surface area (Å²) in [5.41, 5.74) is 2.23. The van der Waals surface area contributed by atoms with Crippen LogP contribution in [0.1, 0.15) is 35.8 Å². The Morgan fingerprint density at radius 3 is 2.61 bits per heavy atom. The molecule has 1 aliphatic heterocycles. The van der Waals surface area contributed by atoms with Crippen molar-refractivity contribution in [3.63, 3.8) is 0 Å². The number of thiocarbonyl (C=S) groups is 1. The number of hydrogen-bond donors (Lipinski definition) is 2. The van der Waals surface area contributed by atoms with Crippen LogP contribution >= 0.6 is 23.8 Å². The maximum Gasteiger partial charge on any atom is 0.193 e. The fourth-order valence-corrected chi connectivity index (χ4v) is 4.01. The molecule has 0 saturated carbocycles. The fraction of sp³-hybridized carbons (Fsp3) is 0.238. The van der Waals surface area contributed by atoms with Crippen LogP contribution in [0.3, 0.4) is 0 Å². The van der Waals surface area contributed by atoms with Gasteiger partial charge in [0.15, 0.2) is 22.4 Å². The zero-order valence-corrected chi connectivity index (χ0v) is 17.4. The number of ketones is 1. The monoisotopic (exact) mass is 416 g/mol. The summed E-state index contributed by atoms with van der Waals surface area (Å²) < 4.78 is 5.23. The molecule has 0 radical (unpaired) electrons. The molecule has 0 amide bonds. The molecule has 1 unspecified atom stereocenters. The summed E-state index contributed by atoms with van der Waals surface area (Å²) in [4.78, 5) is 15.3. The highest BCUT2D eigenvalue weighted by molar-refractivity contribution is 7.80. The number of allylic oxidation sites excluding steroid dienone is 1. The highest BCUT2D eigenvalue weighted by Gasteiger charge is 2.35. The number of phenolic OH excluding ortho intramolecular Hbond substituents is 1. The Labute approximate surface area is 174 Å². The maximum atomic E-state index is 13.4. The fourth-order valence-electron chi connectivity index (χ4n) is 3.40. The second-order valence-electron chi connectivity index (χ2n) is 6.37. The van der Waals surface area contributed by atoms with E-state index in [0.717, 1.165) is 5.70 Å². The molecule has 0 aromatic heterocycles. The van der Waals surface area contributed by atoms with Gasteiger partial charge in [-0.3, -0.25) is 4.79 Å². The lowest BCUT2D eigenvalue weighted by Crippen LogP contribution is -2.47. The van der Waals surface area contributed by atoms with Crippen LogP contribution in [0.5, 0.6) is 11.5 Å². The molecule has 0 saturated heterocycles. The van der Waals surface area contributed by atoms with E-state index in [2.05, 4.69) is 5.32 Å². The lowest BCUT2D eigenvalue weighted by molar-refractivity contribution is 0.102. The zero-order valence-electron chi connectivity index (χ0n) is 15.8. The summed E-state index contributed by atoms with van der Waals surface area (Å²) in [7, 11) is 1.45. The number of halogens is 1. The predicted octanol–water partition coefficient (Wildman–Crippen LogP) is 4.46. The van der Waals surface area contributed by atoms with E-state index < -0.39 is 6.04 Å². The van der Waals surface area contributed by atoms with Gasteiger partial charge in [-0.2, -0.15) is 0 Å². The van der Waals surface area contributed by atoms with Gasteiger partial charge in [0.2, 0.25) is 0 Å². The Balaban J connectivity index is 2.22. The normalized spacial score (nSPS) is 16.8. The molecule has 2 aromatic rings. The molecule has 0 spiro atoms. The van der Waals surface area contributed by atoms with Crippen molar-refractivity contribution in [2.45, 2.75) is 19.9 Å². The van der Waals surface area contributed by atoms with Crippen LogP contribution in [0.25, 0.3) is 0 Å². The Morgan fingerprint density at radius 1 is 1.32 bits per heavy atom. The number of rotatable bonds is 5.